The molecule has 2 amide bonds. The Morgan fingerprint density at radius 1 is 1.09 bits per heavy atom. The summed E-state index contributed by atoms with van der Waals surface area (Å²) in [6.07, 6.45) is 3.91. The highest BCUT2D eigenvalue weighted by Crippen LogP contribution is 2.33. The van der Waals surface area contributed by atoms with Crippen molar-refractivity contribution in [2.45, 2.75) is 39.0 Å². The summed E-state index contributed by atoms with van der Waals surface area (Å²) < 4.78 is 11.3. The number of aryl methyl sites for hydroxylation is 1. The van der Waals surface area contributed by atoms with Crippen molar-refractivity contribution in [3.63, 3.8) is 0 Å². The second kappa shape index (κ2) is 10.5. The fraction of sp³-hybridized carbons (Fsp3) is 0.423. The number of hydrogen-bond acceptors (Lipinski definition) is 5. The van der Waals surface area contributed by atoms with Crippen LogP contribution in [-0.2, 0) is 16.0 Å². The van der Waals surface area contributed by atoms with Crippen LogP contribution in [0.5, 0.6) is 11.5 Å². The van der Waals surface area contributed by atoms with Crippen molar-refractivity contribution in [3.05, 3.63) is 53.6 Å². The number of anilines is 1. The summed E-state index contributed by atoms with van der Waals surface area (Å²) in [5.74, 6) is 1.06. The van der Waals surface area contributed by atoms with Crippen molar-refractivity contribution in [1.82, 2.24) is 4.90 Å². The summed E-state index contributed by atoms with van der Waals surface area (Å²) in [5, 5.41) is 0. The molecule has 2 aromatic carbocycles. The molecule has 0 spiro atoms. The molecule has 2 heterocycles. The van der Waals surface area contributed by atoms with E-state index >= 15 is 0 Å². The van der Waals surface area contributed by atoms with Gasteiger partial charge < -0.3 is 19.3 Å². The van der Waals surface area contributed by atoms with E-state index < -0.39 is 0 Å². The van der Waals surface area contributed by atoms with E-state index in [1.807, 2.05) is 36.1 Å². The average Bonchev–Trinajstić information content (AvgIpc) is 3.39. The maximum atomic E-state index is 12.8. The fourth-order valence-electron chi connectivity index (χ4n) is 4.30. The van der Waals surface area contributed by atoms with Crippen molar-refractivity contribution in [2.24, 2.45) is 0 Å². The predicted octanol–water partition coefficient (Wildman–Crippen LogP) is 3.64. The first kappa shape index (κ1) is 22.8. The zero-order valence-electron chi connectivity index (χ0n) is 19.0. The number of para-hydroxylation sites is 1. The van der Waals surface area contributed by atoms with Crippen molar-refractivity contribution in [1.29, 1.82) is 0 Å². The Bertz CT molecular complexity index is 1030. The molecule has 0 N–H and O–H groups in total. The largest absolute Gasteiger partial charge is 0.485 e. The van der Waals surface area contributed by atoms with Crippen molar-refractivity contribution in [2.75, 3.05) is 37.7 Å². The van der Waals surface area contributed by atoms with Crippen LogP contribution in [0, 0.1) is 0 Å². The predicted molar refractivity (Wildman–Crippen MR) is 125 cm³/mol. The molecule has 0 aromatic heterocycles. The van der Waals surface area contributed by atoms with Gasteiger partial charge in [0.05, 0.1) is 5.69 Å². The number of carbonyl (C=O) groups excluding carboxylic acids is 3. The summed E-state index contributed by atoms with van der Waals surface area (Å²) in [7, 11) is 0. The van der Waals surface area contributed by atoms with Gasteiger partial charge in [0.2, 0.25) is 5.91 Å². The molecule has 0 saturated carbocycles. The Balaban J connectivity index is 1.41. The molecule has 1 fully saturated rings. The smallest absolute Gasteiger partial charge is 0.265 e. The van der Waals surface area contributed by atoms with Crippen molar-refractivity contribution < 1.29 is 23.9 Å². The lowest BCUT2D eigenvalue weighted by atomic mass is 10.1. The summed E-state index contributed by atoms with van der Waals surface area (Å²) in [6.45, 7) is 3.97. The molecule has 33 heavy (non-hydrogen) atoms. The minimum Gasteiger partial charge on any atom is -0.485 e. The minimum atomic E-state index is -0.175. The van der Waals surface area contributed by atoms with Gasteiger partial charge in [-0.2, -0.15) is 0 Å². The Morgan fingerprint density at radius 2 is 1.88 bits per heavy atom. The number of carbonyl (C=O) groups is 3. The number of ether oxygens (including phenoxy) is 2. The third kappa shape index (κ3) is 5.35. The number of hydrogen-bond donors (Lipinski definition) is 0. The van der Waals surface area contributed by atoms with Gasteiger partial charge in [-0.3, -0.25) is 14.4 Å². The first-order chi connectivity index (χ1) is 16.1. The SMILES string of the molecule is CCc1ccccc1OCC(=O)c1ccc2c(c1)N(CCCC(=O)N1CCCC1)C(=O)CO2. The highest BCUT2D eigenvalue weighted by atomic mass is 16.5. The standard InChI is InChI=1S/C26H30N2O5/c1-2-19-8-3-4-9-23(19)32-17-22(29)20-11-12-24-21(16-20)28(26(31)18-33-24)15-7-10-25(30)27-13-5-6-14-27/h3-4,8-9,11-12,16H,2,5-7,10,13-15,17-18H2,1H3. The van der Waals surface area contributed by atoms with Crippen molar-refractivity contribution >= 4 is 23.3 Å². The molecule has 0 unspecified atom stereocenters. The normalized spacial score (nSPS) is 15.2. The number of Topliss-reactive ketones (excluding diaryl/α,β-unsaturated/α-hetero) is 1. The van der Waals surface area contributed by atoms with E-state index in [1.165, 1.54) is 0 Å². The van der Waals surface area contributed by atoms with E-state index in [2.05, 4.69) is 0 Å². The molecule has 0 atom stereocenters. The van der Waals surface area contributed by atoms with Crippen LogP contribution in [0.4, 0.5) is 5.69 Å². The van der Waals surface area contributed by atoms with Crippen LogP contribution in [0.1, 0.15) is 48.5 Å². The molecule has 2 aromatic rings. The summed E-state index contributed by atoms with van der Waals surface area (Å²) in [6, 6.07) is 12.8. The first-order valence-corrected chi connectivity index (χ1v) is 11.7. The molecule has 7 nitrogen and oxygen atoms in total. The summed E-state index contributed by atoms with van der Waals surface area (Å²) >= 11 is 0. The molecule has 2 aliphatic heterocycles. The van der Waals surface area contributed by atoms with E-state index in [0.29, 0.717) is 42.1 Å². The Kier molecular flexibility index (Phi) is 7.27. The molecular formula is C26H30N2O5. The van der Waals surface area contributed by atoms with Gasteiger partial charge in [-0.1, -0.05) is 25.1 Å². The van der Waals surface area contributed by atoms with E-state index in [-0.39, 0.29) is 30.8 Å². The van der Waals surface area contributed by atoms with E-state index in [0.717, 1.165) is 37.9 Å². The third-order valence-electron chi connectivity index (χ3n) is 6.17. The first-order valence-electron chi connectivity index (χ1n) is 11.7. The highest BCUT2D eigenvalue weighted by Gasteiger charge is 2.27. The zero-order valence-corrected chi connectivity index (χ0v) is 19.0. The molecule has 174 valence electrons. The lowest BCUT2D eigenvalue weighted by molar-refractivity contribution is -0.130. The molecule has 7 heteroatoms. The maximum absolute atomic E-state index is 12.8. The van der Waals surface area contributed by atoms with Crippen LogP contribution >= 0.6 is 0 Å². The number of amides is 2. The van der Waals surface area contributed by atoms with E-state index in [1.54, 1.807) is 23.1 Å². The number of nitrogens with zero attached hydrogens (tertiary/aromatic N) is 2. The average molecular weight is 451 g/mol. The van der Waals surface area contributed by atoms with E-state index in [4.69, 9.17) is 9.47 Å². The van der Waals surface area contributed by atoms with Crippen LogP contribution in [0.15, 0.2) is 42.5 Å². The van der Waals surface area contributed by atoms with Gasteiger partial charge >= 0.3 is 0 Å². The van der Waals surface area contributed by atoms with E-state index in [9.17, 15) is 14.4 Å². The highest BCUT2D eigenvalue weighted by molar-refractivity contribution is 6.02. The molecule has 4 rings (SSSR count). The molecule has 0 aliphatic carbocycles. The minimum absolute atomic E-state index is 0.0444. The Morgan fingerprint density at radius 3 is 2.67 bits per heavy atom. The second-order valence-electron chi connectivity index (χ2n) is 8.38. The van der Waals surface area contributed by atoms with Gasteiger partial charge in [0.25, 0.3) is 5.91 Å². The van der Waals surface area contributed by atoms with Crippen LogP contribution in [0.25, 0.3) is 0 Å². The maximum Gasteiger partial charge on any atom is 0.265 e. The topological polar surface area (TPSA) is 76.2 Å². The molecular weight excluding hydrogens is 420 g/mol. The third-order valence-corrected chi connectivity index (χ3v) is 6.17. The van der Waals surface area contributed by atoms with Crippen LogP contribution < -0.4 is 14.4 Å². The summed E-state index contributed by atoms with van der Waals surface area (Å²) in [4.78, 5) is 41.2. The Hall–Kier alpha value is -3.35. The molecule has 1 saturated heterocycles. The van der Waals surface area contributed by atoms with Gasteiger partial charge in [-0.25, -0.2) is 0 Å². The van der Waals surface area contributed by atoms with Crippen LogP contribution in [0.3, 0.4) is 0 Å². The van der Waals surface area contributed by atoms with Gasteiger partial charge in [0, 0.05) is 31.6 Å². The number of ketones is 1. The number of fused-ring (bicyclic) bond motifs is 1. The second-order valence-corrected chi connectivity index (χ2v) is 8.38. The number of rotatable bonds is 9. The number of benzene rings is 2. The monoisotopic (exact) mass is 450 g/mol. The molecule has 0 bridgehead atoms. The van der Waals surface area contributed by atoms with Gasteiger partial charge in [-0.05, 0) is 55.5 Å². The lowest BCUT2D eigenvalue weighted by Crippen LogP contribution is -2.40. The van der Waals surface area contributed by atoms with Gasteiger partial charge in [-0.15, -0.1) is 0 Å². The summed E-state index contributed by atoms with van der Waals surface area (Å²) in [5.41, 5.74) is 2.07. The van der Waals surface area contributed by atoms with Gasteiger partial charge in [0.1, 0.15) is 11.5 Å². The lowest BCUT2D eigenvalue weighted by Gasteiger charge is -2.30. The zero-order chi connectivity index (χ0) is 23.2. The van der Waals surface area contributed by atoms with Crippen LogP contribution in [-0.4, -0.2) is 55.3 Å². The number of likely N-dealkylation sites (tertiary alicyclic amines) is 1. The van der Waals surface area contributed by atoms with Crippen molar-refractivity contribution in [3.8, 4) is 11.5 Å². The van der Waals surface area contributed by atoms with Crippen LogP contribution in [0.2, 0.25) is 0 Å². The Labute approximate surface area is 194 Å². The van der Waals surface area contributed by atoms with Gasteiger partial charge in [0.15, 0.2) is 19.0 Å². The molecule has 0 radical (unpaired) electrons. The quantitative estimate of drug-likeness (QED) is 0.545. The fourth-order valence-corrected chi connectivity index (χ4v) is 4.30. The molecule has 2 aliphatic rings.